The van der Waals surface area contributed by atoms with E-state index in [0.29, 0.717) is 5.75 Å². The molecule has 0 radical (unpaired) electrons. The molecule has 8 nitrogen and oxygen atoms in total. The van der Waals surface area contributed by atoms with Crippen molar-refractivity contribution in [1.82, 2.24) is 10.6 Å². The van der Waals surface area contributed by atoms with Crippen molar-refractivity contribution in [3.8, 4) is 0 Å². The Balaban J connectivity index is 0.000000241. The lowest BCUT2D eigenvalue weighted by Gasteiger charge is -1.95. The van der Waals surface area contributed by atoms with Crippen LogP contribution in [-0.4, -0.2) is 28.8 Å². The number of imide groups is 1. The summed E-state index contributed by atoms with van der Waals surface area (Å²) in [4.78, 5) is 20.2. The highest BCUT2D eigenvalue weighted by Crippen LogP contribution is 2.06. The summed E-state index contributed by atoms with van der Waals surface area (Å²) >= 11 is 1.01. The molecule has 0 spiro atoms. The van der Waals surface area contributed by atoms with Gasteiger partial charge in [0.05, 0.1) is 5.75 Å². The molecule has 0 aromatic rings. The molecule has 1 rings (SSSR count). The summed E-state index contributed by atoms with van der Waals surface area (Å²) in [7, 11) is 0. The molecule has 0 bridgehead atoms. The largest absolute Gasteiger partial charge is 0.370 e. The summed E-state index contributed by atoms with van der Waals surface area (Å²) in [5.41, 5.74) is 9.49. The number of thioether (sulfide) groups is 1. The Morgan fingerprint density at radius 2 is 1.86 bits per heavy atom. The van der Waals surface area contributed by atoms with Crippen molar-refractivity contribution in [1.29, 1.82) is 10.8 Å². The van der Waals surface area contributed by atoms with Gasteiger partial charge in [0.2, 0.25) is 5.91 Å². The molecule has 1 aliphatic heterocycles. The summed E-state index contributed by atoms with van der Waals surface area (Å²) in [5.74, 6) is -0.520. The minimum Gasteiger partial charge on any atom is -0.370 e. The van der Waals surface area contributed by atoms with Crippen LogP contribution < -0.4 is 22.1 Å². The van der Waals surface area contributed by atoms with Gasteiger partial charge in [0.25, 0.3) is 5.24 Å². The molecule has 0 aliphatic carbocycles. The van der Waals surface area contributed by atoms with E-state index in [9.17, 15) is 9.59 Å². The van der Waals surface area contributed by atoms with Crippen molar-refractivity contribution in [2.45, 2.75) is 0 Å². The van der Waals surface area contributed by atoms with E-state index in [4.69, 9.17) is 22.3 Å². The molecule has 0 aromatic heterocycles. The van der Waals surface area contributed by atoms with Crippen molar-refractivity contribution in [2.75, 3.05) is 5.75 Å². The van der Waals surface area contributed by atoms with Crippen molar-refractivity contribution in [3.05, 3.63) is 0 Å². The third-order valence-corrected chi connectivity index (χ3v) is 1.62. The maximum absolute atomic E-state index is 10.1. The third kappa shape index (κ3) is 6.91. The van der Waals surface area contributed by atoms with E-state index in [1.54, 1.807) is 0 Å². The van der Waals surface area contributed by atoms with E-state index in [1.165, 1.54) is 0 Å². The molecule has 14 heavy (non-hydrogen) atoms. The Morgan fingerprint density at radius 1 is 1.36 bits per heavy atom. The first kappa shape index (κ1) is 12.2. The van der Waals surface area contributed by atoms with Gasteiger partial charge in [-0.15, -0.1) is 0 Å². The Hall–Kier alpha value is -1.77. The van der Waals surface area contributed by atoms with E-state index in [-0.39, 0.29) is 23.1 Å². The van der Waals surface area contributed by atoms with Crippen LogP contribution in [0.2, 0.25) is 0 Å². The molecule has 0 unspecified atom stereocenters. The molecule has 9 heteroatoms. The fourth-order valence-corrected chi connectivity index (χ4v) is 0.983. The van der Waals surface area contributed by atoms with Gasteiger partial charge in [-0.1, -0.05) is 11.8 Å². The lowest BCUT2D eigenvalue weighted by molar-refractivity contribution is -0.117. The van der Waals surface area contributed by atoms with Crippen LogP contribution in [0.4, 0.5) is 4.79 Å². The summed E-state index contributed by atoms with van der Waals surface area (Å²) in [6, 6.07) is 0. The molecule has 1 heterocycles. The van der Waals surface area contributed by atoms with Crippen molar-refractivity contribution < 1.29 is 9.59 Å². The van der Waals surface area contributed by atoms with Crippen LogP contribution in [0.5, 0.6) is 0 Å². The minimum absolute atomic E-state index is 0.185. The molecular formula is C5H10N6O2S. The first-order valence-electron chi connectivity index (χ1n) is 3.33. The summed E-state index contributed by atoms with van der Waals surface area (Å²) in [5, 5.41) is 16.8. The average molecular weight is 218 g/mol. The standard InChI is InChI=1S/C3H3NO2S.C2H7N5/c5-2-1-7-3(6)4-2;3-1(4)7-2(5)6/h1H2,(H,4,5,6);(H7,3,4,5,6,7). The second-order valence-corrected chi connectivity index (χ2v) is 3.02. The zero-order chi connectivity index (χ0) is 11.1. The predicted octanol–water partition coefficient (Wildman–Crippen LogP) is -1.67. The van der Waals surface area contributed by atoms with Crippen LogP contribution in [-0.2, 0) is 4.79 Å². The molecule has 1 saturated heterocycles. The Bertz CT molecular complexity index is 251. The van der Waals surface area contributed by atoms with Crippen molar-refractivity contribution in [3.63, 3.8) is 0 Å². The first-order valence-corrected chi connectivity index (χ1v) is 4.32. The molecule has 1 fully saturated rings. The van der Waals surface area contributed by atoms with Crippen LogP contribution >= 0.6 is 11.8 Å². The summed E-state index contributed by atoms with van der Waals surface area (Å²) in [6.45, 7) is 0. The molecule has 0 aromatic carbocycles. The highest BCUT2D eigenvalue weighted by atomic mass is 32.2. The smallest absolute Gasteiger partial charge is 0.286 e. The van der Waals surface area contributed by atoms with Crippen molar-refractivity contribution >= 4 is 34.8 Å². The van der Waals surface area contributed by atoms with E-state index in [0.717, 1.165) is 11.8 Å². The summed E-state index contributed by atoms with van der Waals surface area (Å²) in [6.07, 6.45) is 0. The number of hydrogen-bond donors (Lipinski definition) is 6. The number of guanidine groups is 2. The molecule has 1 aliphatic rings. The monoisotopic (exact) mass is 218 g/mol. The average Bonchev–Trinajstić information content (AvgIpc) is 2.32. The highest BCUT2D eigenvalue weighted by molar-refractivity contribution is 8.14. The van der Waals surface area contributed by atoms with Crippen LogP contribution in [0.3, 0.4) is 0 Å². The third-order valence-electron chi connectivity index (χ3n) is 0.845. The van der Waals surface area contributed by atoms with Gasteiger partial charge < -0.3 is 11.5 Å². The lowest BCUT2D eigenvalue weighted by Crippen LogP contribution is -2.39. The van der Waals surface area contributed by atoms with Crippen LogP contribution in [0.25, 0.3) is 0 Å². The van der Waals surface area contributed by atoms with Crippen LogP contribution in [0, 0.1) is 10.8 Å². The van der Waals surface area contributed by atoms with E-state index < -0.39 is 0 Å². The fourth-order valence-electron chi connectivity index (χ4n) is 0.462. The van der Waals surface area contributed by atoms with Crippen LogP contribution in [0.1, 0.15) is 0 Å². The maximum Gasteiger partial charge on any atom is 0.286 e. The van der Waals surface area contributed by atoms with Crippen molar-refractivity contribution in [2.24, 2.45) is 11.5 Å². The lowest BCUT2D eigenvalue weighted by atomic mass is 10.7. The quantitative estimate of drug-likeness (QED) is 0.211. The van der Waals surface area contributed by atoms with E-state index >= 15 is 0 Å². The number of nitrogens with two attached hydrogens (primary N) is 2. The summed E-state index contributed by atoms with van der Waals surface area (Å²) < 4.78 is 0. The van der Waals surface area contributed by atoms with Crippen LogP contribution in [0.15, 0.2) is 0 Å². The number of carbonyl (C=O) groups is 2. The Labute approximate surface area is 83.8 Å². The first-order chi connectivity index (χ1) is 6.41. The zero-order valence-electron chi connectivity index (χ0n) is 7.09. The second kappa shape index (κ2) is 5.80. The predicted molar refractivity (Wildman–Crippen MR) is 53.0 cm³/mol. The fraction of sp³-hybridized carbons (Fsp3) is 0.200. The molecule has 0 atom stereocenters. The van der Waals surface area contributed by atoms with Gasteiger partial charge in [0.15, 0.2) is 11.9 Å². The molecular weight excluding hydrogens is 208 g/mol. The molecule has 78 valence electrons. The van der Waals surface area contributed by atoms with Gasteiger partial charge >= 0.3 is 0 Å². The SMILES string of the molecule is N=C(N)NC(=N)N.O=C1CSC(=O)N1. The van der Waals surface area contributed by atoms with Gasteiger partial charge in [0.1, 0.15) is 0 Å². The topological polar surface area (TPSA) is 158 Å². The van der Waals surface area contributed by atoms with Gasteiger partial charge in [-0.3, -0.25) is 31.0 Å². The molecule has 0 saturated carbocycles. The minimum atomic E-state index is -0.312. The van der Waals surface area contributed by atoms with Gasteiger partial charge in [-0.25, -0.2) is 0 Å². The Kier molecular flexibility index (Phi) is 5.07. The molecule has 8 N–H and O–H groups in total. The highest BCUT2D eigenvalue weighted by Gasteiger charge is 2.16. The number of amides is 2. The van der Waals surface area contributed by atoms with E-state index in [1.807, 2.05) is 5.32 Å². The Morgan fingerprint density at radius 3 is 1.93 bits per heavy atom. The number of hydrogen-bond acceptors (Lipinski definition) is 5. The van der Waals surface area contributed by atoms with E-state index in [2.05, 4.69) is 5.32 Å². The number of rotatable bonds is 0. The maximum atomic E-state index is 10.1. The zero-order valence-corrected chi connectivity index (χ0v) is 7.90. The van der Waals surface area contributed by atoms with Gasteiger partial charge in [-0.2, -0.15) is 0 Å². The van der Waals surface area contributed by atoms with Gasteiger partial charge in [0, 0.05) is 0 Å². The molecule has 2 amide bonds. The normalized spacial score (nSPS) is 13.7. The number of nitrogens with one attached hydrogen (secondary N) is 4. The van der Waals surface area contributed by atoms with Gasteiger partial charge in [-0.05, 0) is 0 Å². The second-order valence-electron chi connectivity index (χ2n) is 2.08. The number of carbonyl (C=O) groups excluding carboxylic acids is 2.